The quantitative estimate of drug-likeness (QED) is 0.580. The molecule has 4 heteroatoms. The van der Waals surface area contributed by atoms with Crippen LogP contribution in [0, 0.1) is 30.9 Å². The fourth-order valence-corrected chi connectivity index (χ4v) is 2.82. The molecule has 3 nitrogen and oxygen atoms in total. The van der Waals surface area contributed by atoms with Crippen molar-refractivity contribution >= 4 is 21.6 Å². The number of hydrogen-bond acceptors (Lipinski definition) is 2. The lowest BCUT2D eigenvalue weighted by molar-refractivity contribution is -0.384. The normalized spacial score (nSPS) is 10.5. The van der Waals surface area contributed by atoms with E-state index in [1.807, 2.05) is 39.0 Å². The molecule has 0 spiro atoms. The third-order valence-corrected chi connectivity index (χ3v) is 3.60. The molecule has 2 aromatic rings. The van der Waals surface area contributed by atoms with Crippen LogP contribution in [0.15, 0.2) is 34.8 Å². The van der Waals surface area contributed by atoms with Crippen LogP contribution in [0.2, 0.25) is 0 Å². The molecule has 0 bridgehead atoms. The average molecular weight is 320 g/mol. The second kappa shape index (κ2) is 5.13. The summed E-state index contributed by atoms with van der Waals surface area (Å²) in [7, 11) is 0. The predicted octanol–water partition coefficient (Wildman–Crippen LogP) is 4.95. The summed E-state index contributed by atoms with van der Waals surface area (Å²) in [5.41, 5.74) is 5.03. The average Bonchev–Trinajstić information content (AvgIpc) is 2.29. The van der Waals surface area contributed by atoms with Crippen molar-refractivity contribution in [3.05, 3.63) is 61.6 Å². The smallest absolute Gasteiger partial charge is 0.258 e. The molecular formula is C15H14BrNO2. The second-order valence-electron chi connectivity index (χ2n) is 4.69. The fraction of sp³-hybridized carbons (Fsp3) is 0.200. The van der Waals surface area contributed by atoms with Crippen LogP contribution in [-0.4, -0.2) is 4.92 Å². The molecule has 19 heavy (non-hydrogen) atoms. The van der Waals surface area contributed by atoms with Crippen molar-refractivity contribution in [1.82, 2.24) is 0 Å². The summed E-state index contributed by atoms with van der Waals surface area (Å²) >= 11 is 3.28. The minimum Gasteiger partial charge on any atom is -0.258 e. The van der Waals surface area contributed by atoms with E-state index in [-0.39, 0.29) is 10.6 Å². The fourth-order valence-electron chi connectivity index (χ4n) is 2.47. The van der Waals surface area contributed by atoms with E-state index in [9.17, 15) is 10.1 Å². The first-order valence-electron chi connectivity index (χ1n) is 5.92. The maximum Gasteiger partial charge on any atom is 0.278 e. The van der Waals surface area contributed by atoms with Gasteiger partial charge in [0.2, 0.25) is 0 Å². The number of nitrogens with zero attached hydrogens (tertiary/aromatic N) is 1. The van der Waals surface area contributed by atoms with Gasteiger partial charge in [-0.3, -0.25) is 10.1 Å². The molecule has 0 saturated carbocycles. The van der Waals surface area contributed by atoms with Crippen molar-refractivity contribution in [2.24, 2.45) is 0 Å². The molecular weight excluding hydrogens is 306 g/mol. The molecule has 0 fully saturated rings. The maximum absolute atomic E-state index is 11.2. The molecule has 0 heterocycles. The van der Waals surface area contributed by atoms with Crippen LogP contribution in [0.25, 0.3) is 11.1 Å². The van der Waals surface area contributed by atoms with Gasteiger partial charge in [-0.15, -0.1) is 0 Å². The lowest BCUT2D eigenvalue weighted by Gasteiger charge is -2.12. The first kappa shape index (κ1) is 13.7. The van der Waals surface area contributed by atoms with Gasteiger partial charge in [-0.2, -0.15) is 0 Å². The van der Waals surface area contributed by atoms with Gasteiger partial charge in [0.05, 0.1) is 10.5 Å². The Morgan fingerprint density at radius 1 is 1.05 bits per heavy atom. The topological polar surface area (TPSA) is 43.1 Å². The molecule has 98 valence electrons. The van der Waals surface area contributed by atoms with Gasteiger partial charge >= 0.3 is 0 Å². The molecule has 0 aromatic heterocycles. The third-order valence-electron chi connectivity index (χ3n) is 3.10. The Labute approximate surface area is 120 Å². The van der Waals surface area contributed by atoms with E-state index < -0.39 is 0 Å². The van der Waals surface area contributed by atoms with Crippen LogP contribution in [0.1, 0.15) is 16.7 Å². The largest absolute Gasteiger partial charge is 0.278 e. The number of hydrogen-bond donors (Lipinski definition) is 0. The highest BCUT2D eigenvalue weighted by Gasteiger charge is 2.18. The highest BCUT2D eigenvalue weighted by atomic mass is 79.9. The molecule has 0 N–H and O–H groups in total. The van der Waals surface area contributed by atoms with Gasteiger partial charge in [0, 0.05) is 10.5 Å². The Morgan fingerprint density at radius 3 is 2.16 bits per heavy atom. The van der Waals surface area contributed by atoms with Crippen molar-refractivity contribution in [2.45, 2.75) is 20.8 Å². The molecule has 0 atom stereocenters. The number of nitro groups is 1. The first-order chi connectivity index (χ1) is 8.90. The van der Waals surface area contributed by atoms with Gasteiger partial charge < -0.3 is 0 Å². The van der Waals surface area contributed by atoms with E-state index >= 15 is 0 Å². The van der Waals surface area contributed by atoms with Crippen molar-refractivity contribution < 1.29 is 4.92 Å². The zero-order chi connectivity index (χ0) is 14.2. The number of halogens is 1. The van der Waals surface area contributed by atoms with Crippen LogP contribution >= 0.6 is 15.9 Å². The van der Waals surface area contributed by atoms with Crippen LogP contribution in [0.5, 0.6) is 0 Å². The highest BCUT2D eigenvalue weighted by molar-refractivity contribution is 9.10. The summed E-state index contributed by atoms with van der Waals surface area (Å²) in [6, 6.07) is 9.28. The van der Waals surface area contributed by atoms with Gasteiger partial charge in [-0.25, -0.2) is 0 Å². The first-order valence-corrected chi connectivity index (χ1v) is 6.71. The Bertz CT molecular complexity index is 642. The van der Waals surface area contributed by atoms with Gasteiger partial charge in [0.25, 0.3) is 5.69 Å². The molecule has 0 aliphatic carbocycles. The molecule has 2 rings (SSSR count). The predicted molar refractivity (Wildman–Crippen MR) is 80.4 cm³/mol. The zero-order valence-electron chi connectivity index (χ0n) is 11.0. The number of nitro benzene ring substituents is 1. The minimum atomic E-state index is -0.334. The zero-order valence-corrected chi connectivity index (χ0v) is 12.6. The van der Waals surface area contributed by atoms with Gasteiger partial charge in [0.1, 0.15) is 0 Å². The lowest BCUT2D eigenvalue weighted by atomic mass is 9.93. The summed E-state index contributed by atoms with van der Waals surface area (Å²) in [5.74, 6) is 0. The number of rotatable bonds is 2. The van der Waals surface area contributed by atoms with E-state index in [0.717, 1.165) is 16.7 Å². The van der Waals surface area contributed by atoms with Crippen LogP contribution in [0.4, 0.5) is 5.69 Å². The molecule has 0 saturated heterocycles. The van der Waals surface area contributed by atoms with Crippen LogP contribution in [-0.2, 0) is 0 Å². The van der Waals surface area contributed by atoms with Crippen molar-refractivity contribution in [1.29, 1.82) is 0 Å². The summed E-state index contributed by atoms with van der Waals surface area (Å²) in [5, 5.41) is 11.2. The SMILES string of the molecule is Cc1cc(C)c(-c2ccc(Br)cc2[N+](=O)[O-])c(C)c1. The maximum atomic E-state index is 11.2. The lowest BCUT2D eigenvalue weighted by Crippen LogP contribution is -1.96. The van der Waals surface area contributed by atoms with Crippen molar-refractivity contribution in [2.75, 3.05) is 0 Å². The van der Waals surface area contributed by atoms with Gasteiger partial charge in [-0.05, 0) is 49.6 Å². The number of benzene rings is 2. The number of aryl methyl sites for hydroxylation is 3. The Kier molecular flexibility index (Phi) is 3.71. The van der Waals surface area contributed by atoms with E-state index in [1.54, 1.807) is 12.1 Å². The highest BCUT2D eigenvalue weighted by Crippen LogP contribution is 2.36. The van der Waals surface area contributed by atoms with E-state index in [4.69, 9.17) is 0 Å². The standard InChI is InChI=1S/C15H14BrNO2/c1-9-6-10(2)15(11(3)7-9)13-5-4-12(16)8-14(13)17(18)19/h4-8H,1-3H3. The summed E-state index contributed by atoms with van der Waals surface area (Å²) in [6.07, 6.45) is 0. The molecule has 0 aliphatic heterocycles. The van der Waals surface area contributed by atoms with Gasteiger partial charge in [0.15, 0.2) is 0 Å². The van der Waals surface area contributed by atoms with E-state index in [1.165, 1.54) is 5.56 Å². The van der Waals surface area contributed by atoms with Crippen molar-refractivity contribution in [3.63, 3.8) is 0 Å². The Balaban J connectivity index is 2.76. The molecule has 0 aliphatic rings. The van der Waals surface area contributed by atoms with Crippen LogP contribution < -0.4 is 0 Å². The molecule has 0 unspecified atom stereocenters. The third kappa shape index (κ3) is 2.68. The summed E-state index contributed by atoms with van der Waals surface area (Å²) in [6.45, 7) is 6.00. The minimum absolute atomic E-state index is 0.129. The molecule has 0 amide bonds. The van der Waals surface area contributed by atoms with E-state index in [2.05, 4.69) is 15.9 Å². The molecule has 0 radical (unpaired) electrons. The van der Waals surface area contributed by atoms with Crippen molar-refractivity contribution in [3.8, 4) is 11.1 Å². The molecule has 2 aromatic carbocycles. The van der Waals surface area contributed by atoms with Gasteiger partial charge in [-0.1, -0.05) is 33.6 Å². The summed E-state index contributed by atoms with van der Waals surface area (Å²) in [4.78, 5) is 10.9. The monoisotopic (exact) mass is 319 g/mol. The Morgan fingerprint density at radius 2 is 1.63 bits per heavy atom. The van der Waals surface area contributed by atoms with Crippen LogP contribution in [0.3, 0.4) is 0 Å². The Hall–Kier alpha value is -1.68. The second-order valence-corrected chi connectivity index (χ2v) is 5.61. The summed E-state index contributed by atoms with van der Waals surface area (Å²) < 4.78 is 0.713. The van der Waals surface area contributed by atoms with E-state index in [0.29, 0.717) is 10.0 Å².